The molecule has 0 unspecified atom stereocenters. The first-order valence-electron chi connectivity index (χ1n) is 6.50. The van der Waals surface area contributed by atoms with Crippen LogP contribution in [0.2, 0.25) is 0 Å². The van der Waals surface area contributed by atoms with Crippen molar-refractivity contribution < 1.29 is 0 Å². The normalized spacial score (nSPS) is 16.0. The molecule has 1 saturated heterocycles. The smallest absolute Gasteiger partial charge is 0.109 e. The Balaban J connectivity index is 2.06. The van der Waals surface area contributed by atoms with Crippen molar-refractivity contribution >= 4 is 16.7 Å². The van der Waals surface area contributed by atoms with Crippen LogP contribution in [0.25, 0.3) is 11.0 Å². The van der Waals surface area contributed by atoms with Crippen molar-refractivity contribution in [3.05, 3.63) is 24.0 Å². The molecule has 17 heavy (non-hydrogen) atoms. The van der Waals surface area contributed by atoms with Gasteiger partial charge in [-0.05, 0) is 31.0 Å². The highest BCUT2D eigenvalue weighted by Gasteiger charge is 2.14. The maximum atomic E-state index is 4.70. The fourth-order valence-corrected chi connectivity index (χ4v) is 2.73. The second-order valence-electron chi connectivity index (χ2n) is 4.81. The zero-order chi connectivity index (χ0) is 11.8. The summed E-state index contributed by atoms with van der Waals surface area (Å²) in [6.45, 7) is 4.54. The van der Waals surface area contributed by atoms with Gasteiger partial charge in [0.1, 0.15) is 5.82 Å². The number of benzene rings is 1. The third-order valence-corrected chi connectivity index (χ3v) is 3.74. The lowest BCUT2D eigenvalue weighted by molar-refractivity contribution is 0.829. The van der Waals surface area contributed by atoms with Gasteiger partial charge in [-0.1, -0.05) is 6.92 Å². The molecule has 90 valence electrons. The molecule has 1 aromatic carbocycles. The zero-order valence-corrected chi connectivity index (χ0v) is 10.6. The number of aryl methyl sites for hydroxylation is 2. The summed E-state index contributed by atoms with van der Waals surface area (Å²) in [7, 11) is 2.10. The van der Waals surface area contributed by atoms with E-state index in [-0.39, 0.29) is 0 Å². The number of hydrogen-bond acceptors (Lipinski definition) is 2. The molecule has 3 rings (SSSR count). The van der Waals surface area contributed by atoms with Crippen LogP contribution in [-0.4, -0.2) is 22.6 Å². The van der Waals surface area contributed by atoms with Gasteiger partial charge in [-0.2, -0.15) is 0 Å². The van der Waals surface area contributed by atoms with E-state index < -0.39 is 0 Å². The van der Waals surface area contributed by atoms with Gasteiger partial charge in [0.2, 0.25) is 0 Å². The molecule has 0 amide bonds. The van der Waals surface area contributed by atoms with Crippen molar-refractivity contribution in [3.8, 4) is 0 Å². The van der Waals surface area contributed by atoms with E-state index in [9.17, 15) is 0 Å². The lowest BCUT2D eigenvalue weighted by atomic mass is 10.2. The molecule has 3 nitrogen and oxygen atoms in total. The highest BCUT2D eigenvalue weighted by atomic mass is 15.1. The predicted molar refractivity (Wildman–Crippen MR) is 71.5 cm³/mol. The van der Waals surface area contributed by atoms with Crippen molar-refractivity contribution in [2.75, 3.05) is 18.0 Å². The number of hydrogen-bond donors (Lipinski definition) is 0. The predicted octanol–water partition coefficient (Wildman–Crippen LogP) is 2.74. The molecule has 0 N–H and O–H groups in total. The maximum absolute atomic E-state index is 4.70. The summed E-state index contributed by atoms with van der Waals surface area (Å²) >= 11 is 0. The van der Waals surface area contributed by atoms with E-state index >= 15 is 0 Å². The molecule has 0 saturated carbocycles. The Labute approximate surface area is 102 Å². The van der Waals surface area contributed by atoms with Crippen LogP contribution >= 0.6 is 0 Å². The van der Waals surface area contributed by atoms with Crippen LogP contribution in [0, 0.1) is 0 Å². The lowest BCUT2D eigenvalue weighted by Crippen LogP contribution is -2.17. The van der Waals surface area contributed by atoms with Crippen molar-refractivity contribution in [2.45, 2.75) is 26.2 Å². The molecule has 0 spiro atoms. The Bertz CT molecular complexity index is 536. The second-order valence-corrected chi connectivity index (χ2v) is 4.81. The van der Waals surface area contributed by atoms with Gasteiger partial charge >= 0.3 is 0 Å². The first-order valence-corrected chi connectivity index (χ1v) is 6.50. The van der Waals surface area contributed by atoms with Crippen LogP contribution < -0.4 is 4.90 Å². The summed E-state index contributed by atoms with van der Waals surface area (Å²) in [5.74, 6) is 1.17. The molecule has 1 aliphatic heterocycles. The summed E-state index contributed by atoms with van der Waals surface area (Å²) in [6, 6.07) is 6.67. The van der Waals surface area contributed by atoms with Crippen molar-refractivity contribution in [1.82, 2.24) is 9.55 Å². The Morgan fingerprint density at radius 2 is 2.00 bits per heavy atom. The van der Waals surface area contributed by atoms with Crippen LogP contribution in [-0.2, 0) is 13.5 Å². The van der Waals surface area contributed by atoms with Crippen LogP contribution in [0.5, 0.6) is 0 Å². The number of aromatic nitrogens is 2. The highest BCUT2D eigenvalue weighted by Crippen LogP contribution is 2.25. The fourth-order valence-electron chi connectivity index (χ4n) is 2.73. The van der Waals surface area contributed by atoms with Gasteiger partial charge in [0.15, 0.2) is 0 Å². The monoisotopic (exact) mass is 229 g/mol. The minimum Gasteiger partial charge on any atom is -0.371 e. The third kappa shape index (κ3) is 1.70. The third-order valence-electron chi connectivity index (χ3n) is 3.74. The van der Waals surface area contributed by atoms with Gasteiger partial charge < -0.3 is 9.47 Å². The van der Waals surface area contributed by atoms with Gasteiger partial charge in [0, 0.05) is 32.2 Å². The highest BCUT2D eigenvalue weighted by molar-refractivity contribution is 5.80. The van der Waals surface area contributed by atoms with E-state index in [0.29, 0.717) is 0 Å². The van der Waals surface area contributed by atoms with E-state index in [4.69, 9.17) is 4.98 Å². The first-order chi connectivity index (χ1) is 8.29. The summed E-state index contributed by atoms with van der Waals surface area (Å²) in [4.78, 5) is 7.16. The SMILES string of the molecule is CCc1nc2cc(N3CCCC3)ccc2n1C. The van der Waals surface area contributed by atoms with E-state index in [1.807, 2.05) is 0 Å². The standard InChI is InChI=1S/C14H19N3/c1-3-14-15-12-10-11(17-8-4-5-9-17)6-7-13(12)16(14)2/h6-7,10H,3-5,8-9H2,1-2H3. The minimum atomic E-state index is 0.990. The van der Waals surface area contributed by atoms with Crippen LogP contribution in [0.3, 0.4) is 0 Å². The lowest BCUT2D eigenvalue weighted by Gasteiger charge is -2.17. The Hall–Kier alpha value is -1.51. The second kappa shape index (κ2) is 4.06. The zero-order valence-electron chi connectivity index (χ0n) is 10.6. The number of imidazole rings is 1. The Morgan fingerprint density at radius 3 is 2.71 bits per heavy atom. The largest absolute Gasteiger partial charge is 0.371 e. The minimum absolute atomic E-state index is 0.990. The molecule has 1 aromatic heterocycles. The van der Waals surface area contributed by atoms with Gasteiger partial charge in [-0.25, -0.2) is 4.98 Å². The molecule has 1 aliphatic rings. The molecule has 0 radical (unpaired) electrons. The number of fused-ring (bicyclic) bond motifs is 1. The molecule has 2 heterocycles. The molecule has 1 fully saturated rings. The van der Waals surface area contributed by atoms with Crippen LogP contribution in [0.15, 0.2) is 18.2 Å². The van der Waals surface area contributed by atoms with Crippen molar-refractivity contribution in [2.24, 2.45) is 7.05 Å². The average molecular weight is 229 g/mol. The van der Waals surface area contributed by atoms with E-state index in [2.05, 4.69) is 41.6 Å². The number of rotatable bonds is 2. The number of nitrogens with zero attached hydrogens (tertiary/aromatic N) is 3. The molecule has 0 atom stereocenters. The topological polar surface area (TPSA) is 21.1 Å². The van der Waals surface area contributed by atoms with Gasteiger partial charge in [-0.15, -0.1) is 0 Å². The van der Waals surface area contributed by atoms with E-state index in [1.165, 1.54) is 43.0 Å². The summed E-state index contributed by atoms with van der Waals surface area (Å²) in [6.07, 6.45) is 3.63. The maximum Gasteiger partial charge on any atom is 0.109 e. The number of anilines is 1. The average Bonchev–Trinajstić information content (AvgIpc) is 2.97. The summed E-state index contributed by atoms with van der Waals surface area (Å²) < 4.78 is 2.20. The van der Waals surface area contributed by atoms with Crippen LogP contribution in [0.1, 0.15) is 25.6 Å². The molecule has 2 aromatic rings. The Morgan fingerprint density at radius 1 is 1.24 bits per heavy atom. The van der Waals surface area contributed by atoms with Crippen molar-refractivity contribution in [1.29, 1.82) is 0 Å². The quantitative estimate of drug-likeness (QED) is 0.789. The van der Waals surface area contributed by atoms with E-state index in [0.717, 1.165) is 11.9 Å². The molecular formula is C14H19N3. The Kier molecular flexibility index (Phi) is 2.54. The molecule has 3 heteroatoms. The van der Waals surface area contributed by atoms with E-state index in [1.54, 1.807) is 0 Å². The first kappa shape index (κ1) is 10.6. The van der Waals surface area contributed by atoms with Crippen LogP contribution in [0.4, 0.5) is 5.69 Å². The summed E-state index contributed by atoms with van der Waals surface area (Å²) in [5, 5.41) is 0. The van der Waals surface area contributed by atoms with Gasteiger partial charge in [0.25, 0.3) is 0 Å². The molecular weight excluding hydrogens is 210 g/mol. The fraction of sp³-hybridized carbons (Fsp3) is 0.500. The van der Waals surface area contributed by atoms with Crippen molar-refractivity contribution in [3.63, 3.8) is 0 Å². The van der Waals surface area contributed by atoms with Gasteiger partial charge in [-0.3, -0.25) is 0 Å². The molecule has 0 aliphatic carbocycles. The summed E-state index contributed by atoms with van der Waals surface area (Å²) in [5.41, 5.74) is 3.70. The molecule has 0 bridgehead atoms. The van der Waals surface area contributed by atoms with Gasteiger partial charge in [0.05, 0.1) is 11.0 Å².